The number of sulfone groups is 1. The number of hydrogen-bond donors (Lipinski definition) is 2. The van der Waals surface area contributed by atoms with E-state index in [2.05, 4.69) is 34.4 Å². The molecule has 0 aromatic rings. The number of rotatable bonds is 7. The lowest BCUT2D eigenvalue weighted by Gasteiger charge is -2.41. The van der Waals surface area contributed by atoms with Crippen molar-refractivity contribution >= 4 is 39.8 Å². The number of nitrogens with zero attached hydrogens (tertiary/aromatic N) is 2. The lowest BCUT2D eigenvalue weighted by atomic mass is 10.0. The highest BCUT2D eigenvalue weighted by atomic mass is 127. The number of guanidine groups is 1. The molecule has 1 fully saturated rings. The van der Waals surface area contributed by atoms with Crippen molar-refractivity contribution in [3.8, 4) is 0 Å². The maximum absolute atomic E-state index is 11.2. The van der Waals surface area contributed by atoms with Gasteiger partial charge in [-0.15, -0.1) is 24.0 Å². The molecule has 1 saturated heterocycles. The van der Waals surface area contributed by atoms with Crippen molar-refractivity contribution in [1.82, 2.24) is 15.5 Å². The minimum Gasteiger partial charge on any atom is -0.379 e. The van der Waals surface area contributed by atoms with Crippen LogP contribution < -0.4 is 10.6 Å². The average Bonchev–Trinajstić information content (AvgIpc) is 2.49. The van der Waals surface area contributed by atoms with E-state index in [1.165, 1.54) is 6.26 Å². The van der Waals surface area contributed by atoms with Gasteiger partial charge in [-0.2, -0.15) is 0 Å². The van der Waals surface area contributed by atoms with Gasteiger partial charge in [0.05, 0.1) is 19.0 Å². The highest BCUT2D eigenvalue weighted by molar-refractivity contribution is 14.0. The van der Waals surface area contributed by atoms with E-state index in [0.717, 1.165) is 32.8 Å². The molecule has 2 N–H and O–H groups in total. The van der Waals surface area contributed by atoms with Gasteiger partial charge in [-0.3, -0.25) is 9.89 Å². The molecule has 1 rings (SSSR count). The van der Waals surface area contributed by atoms with E-state index in [4.69, 9.17) is 4.74 Å². The average molecular weight is 476 g/mol. The predicted octanol–water partition coefficient (Wildman–Crippen LogP) is 0.703. The Morgan fingerprint density at radius 3 is 2.42 bits per heavy atom. The highest BCUT2D eigenvalue weighted by Crippen LogP contribution is 2.14. The molecule has 9 heteroatoms. The van der Waals surface area contributed by atoms with Crippen LogP contribution in [0.5, 0.6) is 0 Å². The van der Waals surface area contributed by atoms with Crippen LogP contribution in [-0.4, -0.2) is 82.8 Å². The van der Waals surface area contributed by atoms with Crippen LogP contribution in [0.1, 0.15) is 27.2 Å². The normalized spacial score (nSPS) is 18.6. The quantitative estimate of drug-likeness (QED) is 0.320. The van der Waals surface area contributed by atoms with Crippen LogP contribution >= 0.6 is 24.0 Å². The number of ether oxygens (including phenoxy) is 1. The number of halogens is 1. The number of morpholine rings is 1. The smallest absolute Gasteiger partial charge is 0.191 e. The summed E-state index contributed by atoms with van der Waals surface area (Å²) in [5.74, 6) is 0.879. The Balaban J connectivity index is 0.00000529. The third-order valence-corrected chi connectivity index (χ3v) is 5.06. The second-order valence-corrected chi connectivity index (χ2v) is 9.06. The zero-order chi connectivity index (χ0) is 17.5. The van der Waals surface area contributed by atoms with E-state index in [0.29, 0.717) is 12.4 Å². The van der Waals surface area contributed by atoms with Gasteiger partial charge in [0.15, 0.2) is 5.96 Å². The van der Waals surface area contributed by atoms with Crippen molar-refractivity contribution in [2.75, 3.05) is 51.9 Å². The molecule has 1 aliphatic heterocycles. The minimum absolute atomic E-state index is 0. The molecule has 0 spiro atoms. The van der Waals surface area contributed by atoms with E-state index in [1.807, 2.05) is 6.92 Å². The van der Waals surface area contributed by atoms with Crippen molar-refractivity contribution < 1.29 is 13.2 Å². The fourth-order valence-electron chi connectivity index (χ4n) is 2.47. The zero-order valence-corrected chi connectivity index (χ0v) is 18.6. The molecule has 0 aliphatic carbocycles. The van der Waals surface area contributed by atoms with Crippen LogP contribution in [0, 0.1) is 0 Å². The lowest BCUT2D eigenvalue weighted by molar-refractivity contribution is -0.00834. The van der Waals surface area contributed by atoms with E-state index in [9.17, 15) is 8.42 Å². The van der Waals surface area contributed by atoms with Gasteiger partial charge in [0.25, 0.3) is 0 Å². The van der Waals surface area contributed by atoms with Crippen molar-refractivity contribution in [3.05, 3.63) is 0 Å². The topological polar surface area (TPSA) is 83.0 Å². The molecule has 0 aromatic heterocycles. The van der Waals surface area contributed by atoms with Gasteiger partial charge in [-0.1, -0.05) is 0 Å². The summed E-state index contributed by atoms with van der Waals surface area (Å²) in [5, 5.41) is 6.59. The fourth-order valence-corrected chi connectivity index (χ4v) is 3.25. The molecule has 0 amide bonds. The molecule has 7 nitrogen and oxygen atoms in total. The third-order valence-electron chi connectivity index (χ3n) is 4.08. The summed E-state index contributed by atoms with van der Waals surface area (Å²) < 4.78 is 27.9. The van der Waals surface area contributed by atoms with Crippen LogP contribution in [0.4, 0.5) is 0 Å². The fraction of sp³-hybridized carbons (Fsp3) is 0.933. The van der Waals surface area contributed by atoms with E-state index >= 15 is 0 Å². The van der Waals surface area contributed by atoms with Crippen molar-refractivity contribution in [2.45, 2.75) is 38.8 Å². The first kappa shape index (κ1) is 23.9. The molecular formula is C15H33IN4O3S. The third kappa shape index (κ3) is 9.38. The molecule has 0 radical (unpaired) electrons. The summed E-state index contributed by atoms with van der Waals surface area (Å²) >= 11 is 0. The van der Waals surface area contributed by atoms with Gasteiger partial charge in [-0.25, -0.2) is 8.42 Å². The number of nitrogens with one attached hydrogen (secondary N) is 2. The SMILES string of the molecule is CN=C(NCC(C)(C)N1CCOCC1)NC(C)CCS(C)(=O)=O.I. The standard InChI is InChI=1S/C15H32N4O3S.HI/c1-13(6-11-23(5,20)21)18-14(16-4)17-12-15(2,3)19-7-9-22-10-8-19;/h13H,6-12H2,1-5H3,(H2,16,17,18);1H. The van der Waals surface area contributed by atoms with Gasteiger partial charge < -0.3 is 15.4 Å². The number of hydrogen-bond acceptors (Lipinski definition) is 5. The first-order valence-electron chi connectivity index (χ1n) is 8.12. The Bertz CT molecular complexity index is 491. The van der Waals surface area contributed by atoms with Crippen LogP contribution in [0.3, 0.4) is 0 Å². The molecule has 0 saturated carbocycles. The molecule has 1 unspecified atom stereocenters. The molecule has 1 aliphatic rings. The molecule has 1 heterocycles. The van der Waals surface area contributed by atoms with Crippen molar-refractivity contribution in [3.63, 3.8) is 0 Å². The predicted molar refractivity (Wildman–Crippen MR) is 110 cm³/mol. The number of aliphatic imine (C=N–C) groups is 1. The first-order chi connectivity index (χ1) is 10.6. The summed E-state index contributed by atoms with van der Waals surface area (Å²) in [5.41, 5.74) is -0.00258. The van der Waals surface area contributed by atoms with Crippen LogP contribution in [0.25, 0.3) is 0 Å². The van der Waals surface area contributed by atoms with Gasteiger partial charge in [0.2, 0.25) is 0 Å². The van der Waals surface area contributed by atoms with E-state index in [-0.39, 0.29) is 41.3 Å². The maximum atomic E-state index is 11.2. The lowest BCUT2D eigenvalue weighted by Crippen LogP contribution is -2.57. The van der Waals surface area contributed by atoms with E-state index < -0.39 is 9.84 Å². The molecule has 1 atom stereocenters. The molecular weight excluding hydrogens is 443 g/mol. The summed E-state index contributed by atoms with van der Waals surface area (Å²) in [6.45, 7) is 10.5. The Labute approximate surface area is 163 Å². The van der Waals surface area contributed by atoms with Crippen LogP contribution in [0.2, 0.25) is 0 Å². The van der Waals surface area contributed by atoms with Crippen molar-refractivity contribution in [1.29, 1.82) is 0 Å². The van der Waals surface area contributed by atoms with Crippen LogP contribution in [0.15, 0.2) is 4.99 Å². The van der Waals surface area contributed by atoms with E-state index in [1.54, 1.807) is 7.05 Å². The minimum atomic E-state index is -2.93. The summed E-state index contributed by atoms with van der Waals surface area (Å²) in [7, 11) is -1.21. The Morgan fingerprint density at radius 1 is 1.33 bits per heavy atom. The second kappa shape index (κ2) is 10.8. The maximum Gasteiger partial charge on any atom is 0.191 e. The van der Waals surface area contributed by atoms with Gasteiger partial charge >= 0.3 is 0 Å². The Kier molecular flexibility index (Phi) is 10.7. The monoisotopic (exact) mass is 476 g/mol. The zero-order valence-electron chi connectivity index (χ0n) is 15.5. The first-order valence-corrected chi connectivity index (χ1v) is 10.2. The van der Waals surface area contributed by atoms with Gasteiger partial charge in [0, 0.05) is 44.5 Å². The van der Waals surface area contributed by atoms with Gasteiger partial charge in [0.1, 0.15) is 9.84 Å². The molecule has 0 aromatic carbocycles. The molecule has 24 heavy (non-hydrogen) atoms. The molecule has 144 valence electrons. The summed E-state index contributed by atoms with van der Waals surface area (Å²) in [6.07, 6.45) is 1.82. The summed E-state index contributed by atoms with van der Waals surface area (Å²) in [4.78, 5) is 6.63. The van der Waals surface area contributed by atoms with Crippen LogP contribution in [-0.2, 0) is 14.6 Å². The second-order valence-electron chi connectivity index (χ2n) is 6.80. The van der Waals surface area contributed by atoms with Gasteiger partial charge in [-0.05, 0) is 27.2 Å². The molecule has 0 bridgehead atoms. The largest absolute Gasteiger partial charge is 0.379 e. The van der Waals surface area contributed by atoms with Crippen molar-refractivity contribution in [2.24, 2.45) is 4.99 Å². The summed E-state index contributed by atoms with van der Waals surface area (Å²) in [6, 6.07) is 0.0439. The Morgan fingerprint density at radius 2 is 1.92 bits per heavy atom. The Hall–Kier alpha value is -0.130. The highest BCUT2D eigenvalue weighted by Gasteiger charge is 2.28.